The summed E-state index contributed by atoms with van der Waals surface area (Å²) in [6.07, 6.45) is 4.93. The Bertz CT molecular complexity index is 895. The van der Waals surface area contributed by atoms with Gasteiger partial charge in [-0.15, -0.1) is 5.10 Å². The van der Waals surface area contributed by atoms with Crippen LogP contribution in [0.25, 0.3) is 0 Å². The van der Waals surface area contributed by atoms with E-state index in [1.807, 2.05) is 48.5 Å². The standard InChI is InChI=1S/C20H22N6O2/c27-18(11-6-10-17-9-4-5-12-21-17)24-20-23-15-26(25-20)14-19(28)22-13-16-7-2-1-3-8-16/h1-5,7-9,12,15H,6,10-11,13-14H2,(H,22,28)(H,24,25,27). The summed E-state index contributed by atoms with van der Waals surface area (Å²) in [6, 6.07) is 15.4. The van der Waals surface area contributed by atoms with Crippen LogP contribution in [0.15, 0.2) is 61.1 Å². The molecule has 2 aromatic heterocycles. The van der Waals surface area contributed by atoms with E-state index in [0.29, 0.717) is 19.4 Å². The second-order valence-electron chi connectivity index (χ2n) is 6.25. The van der Waals surface area contributed by atoms with Crippen molar-refractivity contribution < 1.29 is 9.59 Å². The molecule has 0 bridgehead atoms. The third-order valence-electron chi connectivity index (χ3n) is 3.99. The summed E-state index contributed by atoms with van der Waals surface area (Å²) in [5.41, 5.74) is 1.98. The quantitative estimate of drug-likeness (QED) is 0.593. The number of hydrogen-bond donors (Lipinski definition) is 2. The van der Waals surface area contributed by atoms with Gasteiger partial charge in [-0.25, -0.2) is 9.67 Å². The van der Waals surface area contributed by atoms with Gasteiger partial charge in [-0.2, -0.15) is 0 Å². The number of carbonyl (C=O) groups is 2. The van der Waals surface area contributed by atoms with Crippen molar-refractivity contribution in [3.05, 3.63) is 72.3 Å². The molecule has 0 saturated heterocycles. The molecule has 0 aliphatic rings. The molecule has 0 atom stereocenters. The first kappa shape index (κ1) is 19.2. The molecule has 0 spiro atoms. The van der Waals surface area contributed by atoms with Crippen LogP contribution in [0.2, 0.25) is 0 Å². The summed E-state index contributed by atoms with van der Waals surface area (Å²) < 4.78 is 1.39. The second-order valence-corrected chi connectivity index (χ2v) is 6.25. The molecule has 3 aromatic rings. The molecule has 2 heterocycles. The maximum atomic E-state index is 12.0. The SMILES string of the molecule is O=C(Cn1cnc(NC(=O)CCCc2ccccn2)n1)NCc1ccccc1. The van der Waals surface area contributed by atoms with Crippen LogP contribution in [-0.4, -0.2) is 31.6 Å². The van der Waals surface area contributed by atoms with Gasteiger partial charge >= 0.3 is 0 Å². The number of nitrogens with zero attached hydrogens (tertiary/aromatic N) is 4. The lowest BCUT2D eigenvalue weighted by molar-refractivity contribution is -0.122. The van der Waals surface area contributed by atoms with Crippen molar-refractivity contribution >= 4 is 17.8 Å². The molecule has 8 heteroatoms. The van der Waals surface area contributed by atoms with Crippen molar-refractivity contribution in [1.29, 1.82) is 0 Å². The molecule has 0 fully saturated rings. The Kier molecular flexibility index (Phi) is 6.84. The predicted octanol–water partition coefficient (Wildman–Crippen LogP) is 1.95. The van der Waals surface area contributed by atoms with Gasteiger partial charge in [0, 0.05) is 24.9 Å². The summed E-state index contributed by atoms with van der Waals surface area (Å²) in [5, 5.41) is 9.58. The average molecular weight is 378 g/mol. The van der Waals surface area contributed by atoms with Crippen LogP contribution in [0.5, 0.6) is 0 Å². The Balaban J connectivity index is 1.38. The van der Waals surface area contributed by atoms with Crippen molar-refractivity contribution in [3.63, 3.8) is 0 Å². The number of anilines is 1. The molecule has 0 aliphatic carbocycles. The highest BCUT2D eigenvalue weighted by Gasteiger charge is 2.09. The highest BCUT2D eigenvalue weighted by molar-refractivity contribution is 5.88. The minimum Gasteiger partial charge on any atom is -0.350 e. The van der Waals surface area contributed by atoms with Gasteiger partial charge in [0.25, 0.3) is 0 Å². The number of amides is 2. The van der Waals surface area contributed by atoms with Crippen molar-refractivity contribution in [3.8, 4) is 0 Å². The maximum Gasteiger partial charge on any atom is 0.248 e. The number of carbonyl (C=O) groups excluding carboxylic acids is 2. The van der Waals surface area contributed by atoms with E-state index in [2.05, 4.69) is 25.7 Å². The number of aromatic nitrogens is 4. The third kappa shape index (κ3) is 6.31. The summed E-state index contributed by atoms with van der Waals surface area (Å²) >= 11 is 0. The molecule has 144 valence electrons. The highest BCUT2D eigenvalue weighted by Crippen LogP contribution is 2.04. The third-order valence-corrected chi connectivity index (χ3v) is 3.99. The molecule has 2 amide bonds. The Morgan fingerprint density at radius 1 is 0.964 bits per heavy atom. The number of aryl methyl sites for hydroxylation is 1. The fourth-order valence-electron chi connectivity index (χ4n) is 2.59. The fourth-order valence-corrected chi connectivity index (χ4v) is 2.59. The largest absolute Gasteiger partial charge is 0.350 e. The predicted molar refractivity (Wildman–Crippen MR) is 104 cm³/mol. The van der Waals surface area contributed by atoms with Crippen LogP contribution < -0.4 is 10.6 Å². The highest BCUT2D eigenvalue weighted by atomic mass is 16.2. The van der Waals surface area contributed by atoms with Crippen LogP contribution in [-0.2, 0) is 29.1 Å². The molecule has 1 aromatic carbocycles. The fraction of sp³-hybridized carbons (Fsp3) is 0.250. The summed E-state index contributed by atoms with van der Waals surface area (Å²) in [4.78, 5) is 32.2. The molecular weight excluding hydrogens is 356 g/mol. The van der Waals surface area contributed by atoms with Crippen LogP contribution >= 0.6 is 0 Å². The maximum absolute atomic E-state index is 12.0. The van der Waals surface area contributed by atoms with Gasteiger partial charge in [0.1, 0.15) is 12.9 Å². The lowest BCUT2D eigenvalue weighted by Gasteiger charge is -2.05. The minimum absolute atomic E-state index is 0.0371. The first-order chi connectivity index (χ1) is 13.7. The van der Waals surface area contributed by atoms with Gasteiger partial charge in [0.15, 0.2) is 0 Å². The Labute approximate surface area is 163 Å². The molecular formula is C20H22N6O2. The molecule has 28 heavy (non-hydrogen) atoms. The van der Waals surface area contributed by atoms with Crippen molar-refractivity contribution in [2.24, 2.45) is 0 Å². The number of rotatable bonds is 9. The van der Waals surface area contributed by atoms with E-state index in [-0.39, 0.29) is 24.3 Å². The number of hydrogen-bond acceptors (Lipinski definition) is 5. The van der Waals surface area contributed by atoms with Gasteiger partial charge in [-0.1, -0.05) is 36.4 Å². The number of pyridine rings is 1. The van der Waals surface area contributed by atoms with Gasteiger partial charge in [0.2, 0.25) is 17.8 Å². The zero-order chi connectivity index (χ0) is 19.6. The smallest absolute Gasteiger partial charge is 0.248 e. The van der Waals surface area contributed by atoms with Gasteiger partial charge < -0.3 is 5.32 Å². The van der Waals surface area contributed by atoms with E-state index in [4.69, 9.17) is 0 Å². The molecule has 0 saturated carbocycles. The van der Waals surface area contributed by atoms with Crippen LogP contribution in [0.3, 0.4) is 0 Å². The van der Waals surface area contributed by atoms with Gasteiger partial charge in [-0.3, -0.25) is 19.9 Å². The molecule has 8 nitrogen and oxygen atoms in total. The van der Waals surface area contributed by atoms with E-state index >= 15 is 0 Å². The van der Waals surface area contributed by atoms with E-state index in [9.17, 15) is 9.59 Å². The number of benzene rings is 1. The Morgan fingerprint density at radius 2 is 1.79 bits per heavy atom. The van der Waals surface area contributed by atoms with Crippen molar-refractivity contribution in [2.45, 2.75) is 32.4 Å². The van der Waals surface area contributed by atoms with Crippen molar-refractivity contribution in [2.75, 3.05) is 5.32 Å². The van der Waals surface area contributed by atoms with E-state index in [1.54, 1.807) is 6.20 Å². The van der Waals surface area contributed by atoms with Crippen LogP contribution in [0, 0.1) is 0 Å². The lowest BCUT2D eigenvalue weighted by Crippen LogP contribution is -2.27. The molecule has 0 radical (unpaired) electrons. The first-order valence-electron chi connectivity index (χ1n) is 9.09. The van der Waals surface area contributed by atoms with Gasteiger partial charge in [-0.05, 0) is 30.5 Å². The van der Waals surface area contributed by atoms with Gasteiger partial charge in [0.05, 0.1) is 0 Å². The topological polar surface area (TPSA) is 102 Å². The first-order valence-corrected chi connectivity index (χ1v) is 9.09. The van der Waals surface area contributed by atoms with E-state index in [1.165, 1.54) is 11.0 Å². The number of nitrogens with one attached hydrogen (secondary N) is 2. The van der Waals surface area contributed by atoms with E-state index in [0.717, 1.165) is 17.7 Å². The normalized spacial score (nSPS) is 10.4. The second kappa shape index (κ2) is 9.96. The van der Waals surface area contributed by atoms with Crippen molar-refractivity contribution in [1.82, 2.24) is 25.1 Å². The van der Waals surface area contributed by atoms with Crippen LogP contribution in [0.4, 0.5) is 5.95 Å². The lowest BCUT2D eigenvalue weighted by atomic mass is 10.2. The summed E-state index contributed by atoms with van der Waals surface area (Å²) in [7, 11) is 0. The zero-order valence-corrected chi connectivity index (χ0v) is 15.4. The van der Waals surface area contributed by atoms with E-state index < -0.39 is 0 Å². The summed E-state index contributed by atoms with van der Waals surface area (Å²) in [5.74, 6) is -0.150. The Morgan fingerprint density at radius 3 is 2.57 bits per heavy atom. The molecule has 0 unspecified atom stereocenters. The molecule has 0 aliphatic heterocycles. The molecule has 2 N–H and O–H groups in total. The van der Waals surface area contributed by atoms with Crippen LogP contribution in [0.1, 0.15) is 24.1 Å². The summed E-state index contributed by atoms with van der Waals surface area (Å²) in [6.45, 7) is 0.490. The zero-order valence-electron chi connectivity index (χ0n) is 15.4. The monoisotopic (exact) mass is 378 g/mol. The molecule has 3 rings (SSSR count). The minimum atomic E-state index is -0.179. The Hall–Kier alpha value is -3.55. The average Bonchev–Trinajstić information content (AvgIpc) is 3.14.